The van der Waals surface area contributed by atoms with Gasteiger partial charge in [-0.3, -0.25) is 9.59 Å². The summed E-state index contributed by atoms with van der Waals surface area (Å²) in [6, 6.07) is 9.09. The lowest BCUT2D eigenvalue weighted by atomic mass is 10.0. The highest BCUT2D eigenvalue weighted by Gasteiger charge is 2.47. The largest absolute Gasteiger partial charge is 0.348 e. The minimum absolute atomic E-state index is 0.0212. The standard InChI is InChI=1S/C15H17NO2/c17-14(10-4-2-1-3-5-10)9-16-15(18)13-7-11-6-12(11)8-13/h1-5,11-13H,6-9H2,(H,16,18). The fourth-order valence-electron chi connectivity index (χ4n) is 2.97. The summed E-state index contributed by atoms with van der Waals surface area (Å²) in [6.07, 6.45) is 3.36. The van der Waals surface area contributed by atoms with Crippen molar-refractivity contribution in [2.75, 3.05) is 6.54 Å². The van der Waals surface area contributed by atoms with E-state index < -0.39 is 0 Å². The minimum atomic E-state index is -0.0212. The molecule has 94 valence electrons. The van der Waals surface area contributed by atoms with E-state index in [2.05, 4.69) is 5.32 Å². The topological polar surface area (TPSA) is 46.2 Å². The molecule has 3 nitrogen and oxygen atoms in total. The Hall–Kier alpha value is -1.64. The Bertz CT molecular complexity index is 459. The SMILES string of the molecule is O=C(CNC(=O)C1CC2CC2C1)c1ccccc1. The highest BCUT2D eigenvalue weighted by molar-refractivity contribution is 5.99. The van der Waals surface area contributed by atoms with E-state index in [1.54, 1.807) is 12.1 Å². The number of hydrogen-bond acceptors (Lipinski definition) is 2. The number of amides is 1. The first kappa shape index (κ1) is 11.5. The lowest BCUT2D eigenvalue weighted by Gasteiger charge is -2.11. The number of ketones is 1. The van der Waals surface area contributed by atoms with Crippen LogP contribution in [0.4, 0.5) is 0 Å². The first-order chi connectivity index (χ1) is 8.74. The molecule has 2 saturated carbocycles. The predicted molar refractivity (Wildman–Crippen MR) is 68.1 cm³/mol. The van der Waals surface area contributed by atoms with Crippen LogP contribution in [0.5, 0.6) is 0 Å². The number of benzene rings is 1. The first-order valence-electron chi connectivity index (χ1n) is 6.60. The maximum Gasteiger partial charge on any atom is 0.223 e. The van der Waals surface area contributed by atoms with Crippen molar-refractivity contribution in [1.29, 1.82) is 0 Å². The van der Waals surface area contributed by atoms with Gasteiger partial charge in [-0.15, -0.1) is 0 Å². The Labute approximate surface area is 107 Å². The number of fused-ring (bicyclic) bond motifs is 1. The van der Waals surface area contributed by atoms with Gasteiger partial charge in [-0.1, -0.05) is 30.3 Å². The monoisotopic (exact) mass is 243 g/mol. The van der Waals surface area contributed by atoms with Gasteiger partial charge >= 0.3 is 0 Å². The van der Waals surface area contributed by atoms with Gasteiger partial charge in [0.2, 0.25) is 5.91 Å². The smallest absolute Gasteiger partial charge is 0.223 e. The molecule has 1 aromatic carbocycles. The molecule has 3 rings (SSSR count). The quantitative estimate of drug-likeness (QED) is 0.822. The molecule has 2 fully saturated rings. The van der Waals surface area contributed by atoms with Crippen LogP contribution in [0.25, 0.3) is 0 Å². The highest BCUT2D eigenvalue weighted by atomic mass is 16.2. The summed E-state index contributed by atoms with van der Waals surface area (Å²) in [5.74, 6) is 1.78. The Morgan fingerprint density at radius 3 is 2.39 bits per heavy atom. The normalized spacial score (nSPS) is 28.6. The van der Waals surface area contributed by atoms with Crippen molar-refractivity contribution in [3.05, 3.63) is 35.9 Å². The summed E-state index contributed by atoms with van der Waals surface area (Å²) in [4.78, 5) is 23.7. The van der Waals surface area contributed by atoms with Crippen molar-refractivity contribution in [3.63, 3.8) is 0 Å². The molecule has 2 unspecified atom stereocenters. The van der Waals surface area contributed by atoms with Gasteiger partial charge in [-0.2, -0.15) is 0 Å². The molecule has 0 aromatic heterocycles. The van der Waals surface area contributed by atoms with E-state index in [9.17, 15) is 9.59 Å². The molecule has 2 aliphatic carbocycles. The molecule has 0 saturated heterocycles. The summed E-state index contributed by atoms with van der Waals surface area (Å²) in [5.41, 5.74) is 0.659. The zero-order chi connectivity index (χ0) is 12.5. The summed E-state index contributed by atoms with van der Waals surface area (Å²) in [7, 11) is 0. The Morgan fingerprint density at radius 1 is 1.06 bits per heavy atom. The zero-order valence-corrected chi connectivity index (χ0v) is 10.3. The third-order valence-electron chi connectivity index (χ3n) is 4.13. The third-order valence-corrected chi connectivity index (χ3v) is 4.13. The van der Waals surface area contributed by atoms with E-state index in [1.165, 1.54) is 6.42 Å². The van der Waals surface area contributed by atoms with E-state index in [-0.39, 0.29) is 24.2 Å². The number of hydrogen-bond donors (Lipinski definition) is 1. The van der Waals surface area contributed by atoms with E-state index in [0.717, 1.165) is 24.7 Å². The molecule has 2 aliphatic rings. The zero-order valence-electron chi connectivity index (χ0n) is 10.3. The van der Waals surface area contributed by atoms with Gasteiger partial charge < -0.3 is 5.32 Å². The second kappa shape index (κ2) is 4.56. The van der Waals surface area contributed by atoms with Crippen LogP contribution in [-0.4, -0.2) is 18.2 Å². The second-order valence-corrected chi connectivity index (χ2v) is 5.43. The van der Waals surface area contributed by atoms with E-state index >= 15 is 0 Å². The number of carbonyl (C=O) groups excluding carboxylic acids is 2. The van der Waals surface area contributed by atoms with E-state index in [4.69, 9.17) is 0 Å². The van der Waals surface area contributed by atoms with Gasteiger partial charge in [0.25, 0.3) is 0 Å². The Balaban J connectivity index is 1.49. The highest BCUT2D eigenvalue weighted by Crippen LogP contribution is 2.54. The second-order valence-electron chi connectivity index (χ2n) is 5.43. The maximum atomic E-state index is 11.9. The molecule has 0 heterocycles. The molecular weight excluding hydrogens is 226 g/mol. The molecular formula is C15H17NO2. The maximum absolute atomic E-state index is 11.9. The van der Waals surface area contributed by atoms with Crippen molar-refractivity contribution in [1.82, 2.24) is 5.32 Å². The van der Waals surface area contributed by atoms with E-state index in [0.29, 0.717) is 5.56 Å². The van der Waals surface area contributed by atoms with Gasteiger partial charge in [-0.25, -0.2) is 0 Å². The fourth-order valence-corrected chi connectivity index (χ4v) is 2.97. The molecule has 1 N–H and O–H groups in total. The molecule has 0 aliphatic heterocycles. The number of Topliss-reactive ketones (excluding diaryl/α,β-unsaturated/α-hetero) is 1. The van der Waals surface area contributed by atoms with Gasteiger partial charge in [0.15, 0.2) is 5.78 Å². The molecule has 0 radical (unpaired) electrons. The molecule has 0 spiro atoms. The Morgan fingerprint density at radius 2 is 1.72 bits per heavy atom. The lowest BCUT2D eigenvalue weighted by molar-refractivity contribution is -0.124. The van der Waals surface area contributed by atoms with Crippen LogP contribution in [0.3, 0.4) is 0 Å². The summed E-state index contributed by atoms with van der Waals surface area (Å²) < 4.78 is 0. The fraction of sp³-hybridized carbons (Fsp3) is 0.467. The Kier molecular flexibility index (Phi) is 2.90. The van der Waals surface area contributed by atoms with Crippen molar-refractivity contribution < 1.29 is 9.59 Å². The average Bonchev–Trinajstić information content (AvgIpc) is 3.03. The summed E-state index contributed by atoms with van der Waals surface area (Å²) >= 11 is 0. The van der Waals surface area contributed by atoms with Crippen LogP contribution >= 0.6 is 0 Å². The molecule has 1 amide bonds. The molecule has 1 aromatic rings. The van der Waals surface area contributed by atoms with Crippen LogP contribution in [0, 0.1) is 17.8 Å². The van der Waals surface area contributed by atoms with Gasteiger partial charge in [0.05, 0.1) is 6.54 Å². The average molecular weight is 243 g/mol. The number of rotatable bonds is 4. The summed E-state index contributed by atoms with van der Waals surface area (Å²) in [5, 5.41) is 2.78. The van der Waals surface area contributed by atoms with Gasteiger partial charge in [0, 0.05) is 11.5 Å². The van der Waals surface area contributed by atoms with Crippen LogP contribution in [-0.2, 0) is 4.79 Å². The van der Waals surface area contributed by atoms with Crippen LogP contribution in [0.1, 0.15) is 29.6 Å². The first-order valence-corrected chi connectivity index (χ1v) is 6.60. The number of carbonyl (C=O) groups is 2. The van der Waals surface area contributed by atoms with Crippen molar-refractivity contribution in [2.24, 2.45) is 17.8 Å². The van der Waals surface area contributed by atoms with Crippen LogP contribution in [0.15, 0.2) is 30.3 Å². The van der Waals surface area contributed by atoms with Gasteiger partial charge in [0.1, 0.15) is 0 Å². The molecule has 3 heteroatoms. The lowest BCUT2D eigenvalue weighted by Crippen LogP contribution is -2.34. The van der Waals surface area contributed by atoms with E-state index in [1.807, 2.05) is 18.2 Å². The van der Waals surface area contributed by atoms with Crippen LogP contribution < -0.4 is 5.32 Å². The van der Waals surface area contributed by atoms with Crippen molar-refractivity contribution >= 4 is 11.7 Å². The molecule has 2 atom stereocenters. The number of nitrogens with one attached hydrogen (secondary N) is 1. The minimum Gasteiger partial charge on any atom is -0.348 e. The summed E-state index contributed by atoms with van der Waals surface area (Å²) in [6.45, 7) is 0.120. The molecule has 18 heavy (non-hydrogen) atoms. The molecule has 0 bridgehead atoms. The third kappa shape index (κ3) is 2.30. The van der Waals surface area contributed by atoms with Crippen LogP contribution in [0.2, 0.25) is 0 Å². The predicted octanol–water partition coefficient (Wildman–Crippen LogP) is 2.03. The van der Waals surface area contributed by atoms with Crippen molar-refractivity contribution in [3.8, 4) is 0 Å². The van der Waals surface area contributed by atoms with Gasteiger partial charge in [-0.05, 0) is 31.1 Å². The van der Waals surface area contributed by atoms with Crippen molar-refractivity contribution in [2.45, 2.75) is 19.3 Å².